The van der Waals surface area contributed by atoms with E-state index >= 15 is 0 Å². The largest absolute Gasteiger partial charge is 0.314 e. The Balaban J connectivity index is 2.44. The van der Waals surface area contributed by atoms with Crippen molar-refractivity contribution in [3.05, 3.63) is 36.0 Å². The molecule has 3 nitrogen and oxygen atoms in total. The topological polar surface area (TPSA) is 30.7 Å². The average Bonchev–Trinajstić information content (AvgIpc) is 2.66. The van der Waals surface area contributed by atoms with Gasteiger partial charge in [-0.05, 0) is 12.1 Å². The fourth-order valence-electron chi connectivity index (χ4n) is 1.17. The van der Waals surface area contributed by atoms with Crippen molar-refractivity contribution in [2.45, 2.75) is 0 Å². The van der Waals surface area contributed by atoms with Crippen LogP contribution in [0.5, 0.6) is 0 Å². The van der Waals surface area contributed by atoms with Gasteiger partial charge in [-0.1, -0.05) is 5.21 Å². The molecule has 2 aromatic rings. The van der Waals surface area contributed by atoms with Crippen LogP contribution in [0.3, 0.4) is 0 Å². The maximum absolute atomic E-state index is 13.3. The molecule has 0 amide bonds. The van der Waals surface area contributed by atoms with E-state index in [1.54, 1.807) is 0 Å². The minimum absolute atomic E-state index is 0.185. The normalized spacial score (nSPS) is 10.3. The van der Waals surface area contributed by atoms with E-state index in [-0.39, 0.29) is 5.56 Å². The van der Waals surface area contributed by atoms with E-state index in [0.29, 0.717) is 5.69 Å². The highest BCUT2D eigenvalue weighted by molar-refractivity contribution is 6.88. The summed E-state index contributed by atoms with van der Waals surface area (Å²) in [4.78, 5) is 0. The number of rotatable bonds is 2. The Morgan fingerprint density at radius 2 is 2.13 bits per heavy atom. The lowest BCUT2D eigenvalue weighted by Crippen LogP contribution is -2.05. The van der Waals surface area contributed by atoms with Gasteiger partial charge in [0.15, 0.2) is 0 Å². The molecule has 0 aliphatic rings. The van der Waals surface area contributed by atoms with Crippen LogP contribution in [0.25, 0.3) is 11.3 Å². The molecule has 3 radical (unpaired) electrons. The van der Waals surface area contributed by atoms with E-state index in [9.17, 15) is 8.78 Å². The number of hydrogen-bond donors (Lipinski definition) is 0. The standard InChI is InChI=1S/C8H4B2F2N3/c9-10-15-4-8(13-14-15)6-2-1-5(11)3-7(6)12/h1-4H. The van der Waals surface area contributed by atoms with Gasteiger partial charge in [0.25, 0.3) is 0 Å². The van der Waals surface area contributed by atoms with Gasteiger partial charge in [-0.3, -0.25) is 0 Å². The van der Waals surface area contributed by atoms with Crippen molar-refractivity contribution in [1.29, 1.82) is 0 Å². The highest BCUT2D eigenvalue weighted by Gasteiger charge is 2.09. The Morgan fingerprint density at radius 3 is 2.73 bits per heavy atom. The summed E-state index contributed by atoms with van der Waals surface area (Å²) in [5, 5.41) is 7.29. The molecular formula is C8H4B2F2N3. The van der Waals surface area contributed by atoms with E-state index in [1.165, 1.54) is 24.2 Å². The second-order valence-corrected chi connectivity index (χ2v) is 2.86. The molecule has 0 unspecified atom stereocenters. The molecule has 0 atom stereocenters. The lowest BCUT2D eigenvalue weighted by Gasteiger charge is -1.97. The van der Waals surface area contributed by atoms with Gasteiger partial charge in [0.05, 0.1) is 0 Å². The molecule has 0 spiro atoms. The van der Waals surface area contributed by atoms with E-state index < -0.39 is 11.6 Å². The third-order valence-corrected chi connectivity index (χ3v) is 1.87. The number of hydrogen-bond acceptors (Lipinski definition) is 2. The maximum Gasteiger partial charge on any atom is 0.221 e. The number of aromatic nitrogens is 3. The molecule has 0 aliphatic heterocycles. The molecule has 0 bridgehead atoms. The lowest BCUT2D eigenvalue weighted by molar-refractivity contribution is 0.585. The lowest BCUT2D eigenvalue weighted by atomic mass is 9.67. The Kier molecular flexibility index (Phi) is 2.53. The molecule has 0 saturated carbocycles. The minimum atomic E-state index is -0.681. The highest BCUT2D eigenvalue weighted by Crippen LogP contribution is 2.20. The second-order valence-electron chi connectivity index (χ2n) is 2.86. The summed E-state index contributed by atoms with van der Waals surface area (Å²) in [7, 11) is 6.36. The zero-order valence-electron chi connectivity index (χ0n) is 7.56. The SMILES string of the molecule is [B][B]n1cc(-c2ccc(F)cc2F)nn1. The van der Waals surface area contributed by atoms with Gasteiger partial charge in [-0.25, -0.2) is 8.78 Å². The molecule has 0 saturated heterocycles. The van der Waals surface area contributed by atoms with Crippen LogP contribution in [0, 0.1) is 11.6 Å². The van der Waals surface area contributed by atoms with Crippen LogP contribution in [-0.2, 0) is 0 Å². The molecule has 0 aliphatic carbocycles. The van der Waals surface area contributed by atoms with Crippen LogP contribution in [0.1, 0.15) is 0 Å². The molecule has 2 rings (SSSR count). The zero-order chi connectivity index (χ0) is 10.8. The zero-order valence-corrected chi connectivity index (χ0v) is 7.56. The second kappa shape index (κ2) is 3.84. The molecular weight excluding hydrogens is 198 g/mol. The fraction of sp³-hybridized carbons (Fsp3) is 0. The Labute approximate surface area is 86.8 Å². The first kappa shape index (κ1) is 9.89. The van der Waals surface area contributed by atoms with Crippen molar-refractivity contribution >= 4 is 15.0 Å². The molecule has 1 aromatic heterocycles. The van der Waals surface area contributed by atoms with E-state index in [2.05, 4.69) is 10.3 Å². The summed E-state index contributed by atoms with van der Waals surface area (Å²) in [6.45, 7) is 0. The van der Waals surface area contributed by atoms with Gasteiger partial charge in [0, 0.05) is 25.6 Å². The number of nitrogens with zero attached hydrogens (tertiary/aromatic N) is 3. The Bertz CT molecular complexity index is 486. The van der Waals surface area contributed by atoms with E-state index in [4.69, 9.17) is 7.74 Å². The first-order chi connectivity index (χ1) is 7.20. The highest BCUT2D eigenvalue weighted by atomic mass is 19.1. The van der Waals surface area contributed by atoms with Gasteiger partial charge in [0.2, 0.25) is 7.31 Å². The Hall–Kier alpha value is -1.65. The van der Waals surface area contributed by atoms with Crippen molar-refractivity contribution in [2.75, 3.05) is 0 Å². The summed E-state index contributed by atoms with van der Waals surface area (Å²) in [6, 6.07) is 3.25. The van der Waals surface area contributed by atoms with Crippen LogP contribution in [-0.4, -0.2) is 29.9 Å². The summed E-state index contributed by atoms with van der Waals surface area (Å²) >= 11 is 0. The summed E-state index contributed by atoms with van der Waals surface area (Å²) in [5.74, 6) is -1.31. The van der Waals surface area contributed by atoms with Gasteiger partial charge < -0.3 is 4.59 Å². The van der Waals surface area contributed by atoms with Gasteiger partial charge in [-0.15, -0.1) is 5.10 Å². The third-order valence-electron chi connectivity index (χ3n) is 1.87. The minimum Gasteiger partial charge on any atom is -0.314 e. The van der Waals surface area contributed by atoms with E-state index in [1.807, 2.05) is 0 Å². The number of benzene rings is 1. The van der Waals surface area contributed by atoms with Crippen molar-refractivity contribution in [1.82, 2.24) is 14.9 Å². The van der Waals surface area contributed by atoms with Crippen molar-refractivity contribution in [3.8, 4) is 11.3 Å². The van der Waals surface area contributed by atoms with Crippen LogP contribution in [0.15, 0.2) is 24.4 Å². The van der Waals surface area contributed by atoms with Gasteiger partial charge in [0.1, 0.15) is 17.3 Å². The van der Waals surface area contributed by atoms with Crippen LogP contribution >= 0.6 is 0 Å². The fourth-order valence-corrected chi connectivity index (χ4v) is 1.17. The summed E-state index contributed by atoms with van der Waals surface area (Å²) in [6.07, 6.45) is 1.44. The van der Waals surface area contributed by atoms with Crippen molar-refractivity contribution < 1.29 is 8.78 Å². The first-order valence-corrected chi connectivity index (χ1v) is 4.13. The molecule has 0 fully saturated rings. The number of halogens is 2. The van der Waals surface area contributed by atoms with Crippen LogP contribution < -0.4 is 0 Å². The van der Waals surface area contributed by atoms with Crippen LogP contribution in [0.2, 0.25) is 0 Å². The molecule has 1 heterocycles. The van der Waals surface area contributed by atoms with Crippen LogP contribution in [0.4, 0.5) is 8.78 Å². The quantitative estimate of drug-likeness (QED) is 0.673. The first-order valence-electron chi connectivity index (χ1n) is 4.13. The smallest absolute Gasteiger partial charge is 0.221 e. The summed E-state index contributed by atoms with van der Waals surface area (Å²) in [5.41, 5.74) is 0.485. The van der Waals surface area contributed by atoms with E-state index in [0.717, 1.165) is 12.1 Å². The third kappa shape index (κ3) is 1.91. The van der Waals surface area contributed by atoms with Crippen molar-refractivity contribution in [3.63, 3.8) is 0 Å². The maximum atomic E-state index is 13.3. The predicted octanol–water partition coefficient (Wildman–Crippen LogP) is 0.774. The molecule has 15 heavy (non-hydrogen) atoms. The molecule has 0 N–H and O–H groups in total. The van der Waals surface area contributed by atoms with Crippen molar-refractivity contribution in [2.24, 2.45) is 0 Å². The van der Waals surface area contributed by atoms with Gasteiger partial charge >= 0.3 is 0 Å². The predicted molar refractivity (Wildman–Crippen MR) is 52.3 cm³/mol. The molecule has 7 heteroatoms. The average molecular weight is 202 g/mol. The Morgan fingerprint density at radius 1 is 1.33 bits per heavy atom. The molecule has 1 aromatic carbocycles. The monoisotopic (exact) mass is 202 g/mol. The van der Waals surface area contributed by atoms with Gasteiger partial charge in [-0.2, -0.15) is 0 Å². The summed E-state index contributed by atoms with van der Waals surface area (Å²) < 4.78 is 27.2. The molecule has 71 valence electrons.